The molecule has 0 aromatic heterocycles. The third kappa shape index (κ3) is 6.67. The first kappa shape index (κ1) is 20.8. The molecule has 0 heterocycles. The van der Waals surface area contributed by atoms with Crippen molar-refractivity contribution in [2.45, 2.75) is 6.92 Å². The second-order valence-electron chi connectivity index (χ2n) is 5.50. The third-order valence-corrected chi connectivity index (χ3v) is 3.23. The molecule has 0 atom stereocenters. The molecule has 0 fully saturated rings. The lowest BCUT2D eigenvalue weighted by molar-refractivity contribution is -0.138. The van der Waals surface area contributed by atoms with Gasteiger partial charge in [0.05, 0.1) is 0 Å². The topological polar surface area (TPSA) is 119 Å². The van der Waals surface area contributed by atoms with Crippen molar-refractivity contribution >= 4 is 30.1 Å². The molecule has 0 bridgehead atoms. The maximum Gasteiger partial charge on any atom is 0.337 e. The maximum atomic E-state index is 11.3. The average molecular weight is 386 g/mol. The van der Waals surface area contributed by atoms with Gasteiger partial charge in [-0.2, -0.15) is 0 Å². The summed E-state index contributed by atoms with van der Waals surface area (Å²) < 4.78 is 14.9. The van der Waals surface area contributed by atoms with E-state index in [0.29, 0.717) is 11.3 Å². The standard InChI is InChI=1S/C20H18O8/c1-13(23)26-17-8-15(9-18(10-17)28-20(25)12-22)3-2-14-4-6-16(7-5-14)27-19(24)11-21/h2-10,21-22H,11-12H2,1H3/b3-2+. The van der Waals surface area contributed by atoms with Crippen molar-refractivity contribution in [3.8, 4) is 17.2 Å². The molecule has 0 saturated carbocycles. The van der Waals surface area contributed by atoms with Crippen molar-refractivity contribution in [2.75, 3.05) is 13.2 Å². The molecule has 8 heteroatoms. The monoisotopic (exact) mass is 386 g/mol. The maximum absolute atomic E-state index is 11.3. The van der Waals surface area contributed by atoms with Crippen molar-refractivity contribution in [1.82, 2.24) is 0 Å². The van der Waals surface area contributed by atoms with Gasteiger partial charge in [-0.1, -0.05) is 24.3 Å². The van der Waals surface area contributed by atoms with Gasteiger partial charge in [-0.3, -0.25) is 4.79 Å². The molecule has 2 rings (SSSR count). The lowest BCUT2D eigenvalue weighted by atomic mass is 10.1. The fourth-order valence-corrected chi connectivity index (χ4v) is 2.14. The smallest absolute Gasteiger partial charge is 0.337 e. The summed E-state index contributed by atoms with van der Waals surface area (Å²) in [5, 5.41) is 17.5. The van der Waals surface area contributed by atoms with Gasteiger partial charge < -0.3 is 24.4 Å². The first-order chi connectivity index (χ1) is 13.4. The molecule has 0 saturated heterocycles. The van der Waals surface area contributed by atoms with Crippen molar-refractivity contribution in [1.29, 1.82) is 0 Å². The third-order valence-electron chi connectivity index (χ3n) is 3.23. The molecule has 28 heavy (non-hydrogen) atoms. The van der Waals surface area contributed by atoms with Crippen LogP contribution in [0.5, 0.6) is 17.2 Å². The molecule has 2 aromatic carbocycles. The van der Waals surface area contributed by atoms with Crippen LogP contribution in [0.2, 0.25) is 0 Å². The number of aliphatic hydroxyl groups is 2. The lowest BCUT2D eigenvalue weighted by Gasteiger charge is -2.08. The van der Waals surface area contributed by atoms with Gasteiger partial charge in [0, 0.05) is 13.0 Å². The molecule has 146 valence electrons. The van der Waals surface area contributed by atoms with Crippen molar-refractivity contribution in [2.24, 2.45) is 0 Å². The van der Waals surface area contributed by atoms with Crippen LogP contribution in [0.15, 0.2) is 42.5 Å². The Labute approximate surface area is 160 Å². The fraction of sp³-hybridized carbons (Fsp3) is 0.150. The summed E-state index contributed by atoms with van der Waals surface area (Å²) in [4.78, 5) is 33.5. The Bertz CT molecular complexity index is 884. The molecule has 0 aliphatic rings. The highest BCUT2D eigenvalue weighted by atomic mass is 16.6. The number of rotatable bonds is 7. The first-order valence-electron chi connectivity index (χ1n) is 8.14. The zero-order chi connectivity index (χ0) is 20.5. The minimum absolute atomic E-state index is 0.115. The van der Waals surface area contributed by atoms with Crippen LogP contribution in [0, 0.1) is 0 Å². The summed E-state index contributed by atoms with van der Waals surface area (Å²) in [5.41, 5.74) is 1.35. The number of aliphatic hydroxyl groups excluding tert-OH is 2. The van der Waals surface area contributed by atoms with E-state index in [1.807, 2.05) is 0 Å². The highest BCUT2D eigenvalue weighted by Crippen LogP contribution is 2.25. The Morgan fingerprint density at radius 2 is 1.25 bits per heavy atom. The SMILES string of the molecule is CC(=O)Oc1cc(/C=C/c2ccc(OC(=O)CO)cc2)cc(OC(=O)CO)c1. The Morgan fingerprint density at radius 3 is 1.79 bits per heavy atom. The quantitative estimate of drug-likeness (QED) is 0.418. The van der Waals surface area contributed by atoms with E-state index >= 15 is 0 Å². The minimum Gasteiger partial charge on any atom is -0.427 e. The molecule has 0 radical (unpaired) electrons. The Hall–Kier alpha value is -3.49. The molecule has 0 spiro atoms. The molecular weight excluding hydrogens is 368 g/mol. The molecule has 0 aliphatic heterocycles. The summed E-state index contributed by atoms with van der Waals surface area (Å²) in [7, 11) is 0. The van der Waals surface area contributed by atoms with E-state index in [1.54, 1.807) is 42.5 Å². The Morgan fingerprint density at radius 1 is 0.750 bits per heavy atom. The van der Waals surface area contributed by atoms with E-state index in [2.05, 4.69) is 0 Å². The Balaban J connectivity index is 2.20. The normalized spacial score (nSPS) is 10.5. The average Bonchev–Trinajstić information content (AvgIpc) is 2.66. The first-order valence-corrected chi connectivity index (χ1v) is 8.14. The van der Waals surface area contributed by atoms with Crippen molar-refractivity contribution in [3.05, 3.63) is 53.6 Å². The molecule has 0 amide bonds. The van der Waals surface area contributed by atoms with Gasteiger partial charge in [-0.05, 0) is 35.4 Å². The number of hydrogen-bond acceptors (Lipinski definition) is 8. The summed E-state index contributed by atoms with van der Waals surface area (Å²) in [5.74, 6) is -1.54. The predicted molar refractivity (Wildman–Crippen MR) is 98.6 cm³/mol. The Kier molecular flexibility index (Phi) is 7.44. The number of hydrogen-bond donors (Lipinski definition) is 2. The fourth-order valence-electron chi connectivity index (χ4n) is 2.14. The van der Waals surface area contributed by atoms with Gasteiger partial charge in [0.15, 0.2) is 0 Å². The summed E-state index contributed by atoms with van der Waals surface area (Å²) in [6.45, 7) is -0.243. The van der Waals surface area contributed by atoms with Crippen LogP contribution in [0.1, 0.15) is 18.1 Å². The van der Waals surface area contributed by atoms with Crippen LogP contribution in [-0.4, -0.2) is 41.3 Å². The molecule has 0 unspecified atom stereocenters. The molecule has 8 nitrogen and oxygen atoms in total. The van der Waals surface area contributed by atoms with E-state index in [1.165, 1.54) is 19.1 Å². The van der Waals surface area contributed by atoms with Crippen molar-refractivity contribution in [3.63, 3.8) is 0 Å². The lowest BCUT2D eigenvalue weighted by Crippen LogP contribution is -2.12. The van der Waals surface area contributed by atoms with Crippen LogP contribution >= 0.6 is 0 Å². The van der Waals surface area contributed by atoms with Crippen LogP contribution in [0.25, 0.3) is 12.2 Å². The summed E-state index contributed by atoms with van der Waals surface area (Å²) >= 11 is 0. The zero-order valence-corrected chi connectivity index (χ0v) is 15.0. The highest BCUT2D eigenvalue weighted by molar-refractivity contribution is 5.77. The van der Waals surface area contributed by atoms with Gasteiger partial charge in [-0.25, -0.2) is 9.59 Å². The second-order valence-corrected chi connectivity index (χ2v) is 5.50. The van der Waals surface area contributed by atoms with Gasteiger partial charge >= 0.3 is 17.9 Å². The molecule has 2 aromatic rings. The summed E-state index contributed by atoms with van der Waals surface area (Å²) in [6.07, 6.45) is 3.43. The van der Waals surface area contributed by atoms with E-state index in [0.717, 1.165) is 5.56 Å². The van der Waals surface area contributed by atoms with Crippen LogP contribution in [0.4, 0.5) is 0 Å². The van der Waals surface area contributed by atoms with Gasteiger partial charge in [-0.15, -0.1) is 0 Å². The number of benzene rings is 2. The van der Waals surface area contributed by atoms with Gasteiger partial charge in [0.2, 0.25) is 0 Å². The van der Waals surface area contributed by atoms with Crippen LogP contribution in [0.3, 0.4) is 0 Å². The number of esters is 3. The zero-order valence-electron chi connectivity index (χ0n) is 15.0. The minimum atomic E-state index is -0.845. The number of carbonyl (C=O) groups excluding carboxylic acids is 3. The largest absolute Gasteiger partial charge is 0.427 e. The van der Waals surface area contributed by atoms with Crippen LogP contribution in [-0.2, 0) is 14.4 Å². The predicted octanol–water partition coefficient (Wildman–Crippen LogP) is 1.58. The molecule has 0 aliphatic carbocycles. The number of carbonyl (C=O) groups is 3. The van der Waals surface area contributed by atoms with E-state index in [9.17, 15) is 14.4 Å². The van der Waals surface area contributed by atoms with E-state index in [-0.39, 0.29) is 11.5 Å². The second kappa shape index (κ2) is 10.0. The molecular formula is C20H18O8. The van der Waals surface area contributed by atoms with Crippen molar-refractivity contribution < 1.29 is 38.8 Å². The van der Waals surface area contributed by atoms with E-state index < -0.39 is 31.1 Å². The highest BCUT2D eigenvalue weighted by Gasteiger charge is 2.08. The van der Waals surface area contributed by atoms with Gasteiger partial charge in [0.25, 0.3) is 0 Å². The summed E-state index contributed by atoms with van der Waals surface area (Å²) in [6, 6.07) is 11.0. The number of ether oxygens (including phenoxy) is 3. The molecule has 2 N–H and O–H groups in total. The van der Waals surface area contributed by atoms with E-state index in [4.69, 9.17) is 24.4 Å². The van der Waals surface area contributed by atoms with Gasteiger partial charge in [0.1, 0.15) is 30.5 Å². The van der Waals surface area contributed by atoms with Crippen LogP contribution < -0.4 is 14.2 Å².